The lowest BCUT2D eigenvalue weighted by molar-refractivity contribution is 0.0344. The maximum absolute atomic E-state index is 14.7. The predicted octanol–water partition coefficient (Wildman–Crippen LogP) is 5.00. The van der Waals surface area contributed by atoms with Gasteiger partial charge in [-0.1, -0.05) is 53.5 Å². The van der Waals surface area contributed by atoms with Crippen LogP contribution in [0.5, 0.6) is 17.5 Å². The lowest BCUT2D eigenvalue weighted by Gasteiger charge is -2.18. The number of ether oxygens (including phenoxy) is 1. The van der Waals surface area contributed by atoms with E-state index in [0.29, 0.717) is 5.69 Å². The van der Waals surface area contributed by atoms with E-state index in [2.05, 4.69) is 9.97 Å². The van der Waals surface area contributed by atoms with Crippen molar-refractivity contribution in [2.45, 2.75) is 5.92 Å². The molecule has 134 valence electrons. The van der Waals surface area contributed by atoms with Crippen LogP contribution in [0.25, 0.3) is 0 Å². The molecule has 3 rings (SSSR count). The fourth-order valence-corrected chi connectivity index (χ4v) is 2.77. The zero-order valence-corrected chi connectivity index (χ0v) is 14.5. The van der Waals surface area contributed by atoms with Gasteiger partial charge >= 0.3 is 11.9 Å². The van der Waals surface area contributed by atoms with E-state index >= 15 is 0 Å². The first-order chi connectivity index (χ1) is 12.3. The van der Waals surface area contributed by atoms with E-state index in [1.807, 2.05) is 0 Å². The van der Waals surface area contributed by atoms with Gasteiger partial charge in [0.05, 0.1) is 16.2 Å². The molecule has 9 heteroatoms. The Bertz CT molecular complexity index is 933. The predicted molar refractivity (Wildman–Crippen MR) is 94.1 cm³/mol. The van der Waals surface area contributed by atoms with E-state index in [1.165, 1.54) is 36.4 Å². The SMILES string of the molecule is Nc1cc(Cl)c(Oc2ncc(O)c(C(F)(F)c3ccccc3)n2)c(Cl)c1. The van der Waals surface area contributed by atoms with Crippen molar-refractivity contribution in [2.75, 3.05) is 5.73 Å². The minimum absolute atomic E-state index is 0.0396. The minimum atomic E-state index is -3.57. The molecule has 0 amide bonds. The molecule has 0 unspecified atom stereocenters. The Labute approximate surface area is 157 Å². The summed E-state index contributed by atoms with van der Waals surface area (Å²) >= 11 is 12.0. The second-order valence-corrected chi connectivity index (χ2v) is 6.06. The molecule has 0 aliphatic rings. The molecule has 26 heavy (non-hydrogen) atoms. The number of halogens is 4. The van der Waals surface area contributed by atoms with Gasteiger partial charge in [0.1, 0.15) is 0 Å². The Hall–Kier alpha value is -2.64. The summed E-state index contributed by atoms with van der Waals surface area (Å²) in [6.07, 6.45) is 0.813. The summed E-state index contributed by atoms with van der Waals surface area (Å²) < 4.78 is 34.7. The van der Waals surface area contributed by atoms with Crippen LogP contribution in [0.15, 0.2) is 48.7 Å². The molecule has 1 aromatic heterocycles. The number of anilines is 1. The van der Waals surface area contributed by atoms with Crippen molar-refractivity contribution in [3.8, 4) is 17.5 Å². The highest BCUT2D eigenvalue weighted by Gasteiger charge is 2.39. The molecule has 5 nitrogen and oxygen atoms in total. The Balaban J connectivity index is 2.01. The van der Waals surface area contributed by atoms with E-state index in [-0.39, 0.29) is 21.4 Å². The van der Waals surface area contributed by atoms with Crippen LogP contribution in [0.4, 0.5) is 14.5 Å². The number of hydrogen-bond donors (Lipinski definition) is 2. The molecule has 0 bridgehead atoms. The van der Waals surface area contributed by atoms with Gasteiger partial charge in [-0.2, -0.15) is 18.7 Å². The molecule has 0 fully saturated rings. The molecule has 0 atom stereocenters. The third kappa shape index (κ3) is 3.49. The van der Waals surface area contributed by atoms with Crippen LogP contribution in [-0.4, -0.2) is 15.1 Å². The summed E-state index contributed by atoms with van der Waals surface area (Å²) in [5.41, 5.74) is 4.65. The lowest BCUT2D eigenvalue weighted by Crippen LogP contribution is -2.18. The molecular formula is C17H11Cl2F2N3O2. The van der Waals surface area contributed by atoms with E-state index in [1.54, 1.807) is 6.07 Å². The van der Waals surface area contributed by atoms with Crippen molar-refractivity contribution in [3.05, 3.63) is 70.0 Å². The highest BCUT2D eigenvalue weighted by atomic mass is 35.5. The quantitative estimate of drug-likeness (QED) is 0.605. The van der Waals surface area contributed by atoms with Gasteiger partial charge in [-0.25, -0.2) is 0 Å². The van der Waals surface area contributed by atoms with Gasteiger partial charge in [0.15, 0.2) is 17.2 Å². The number of nitrogen functional groups attached to an aromatic ring is 1. The van der Waals surface area contributed by atoms with Crippen LogP contribution in [0, 0.1) is 0 Å². The summed E-state index contributed by atoms with van der Waals surface area (Å²) in [4.78, 5) is 7.32. The first-order valence-corrected chi connectivity index (χ1v) is 7.97. The molecule has 1 heterocycles. The highest BCUT2D eigenvalue weighted by molar-refractivity contribution is 6.37. The first-order valence-electron chi connectivity index (χ1n) is 7.21. The molecule has 0 aliphatic carbocycles. The van der Waals surface area contributed by atoms with Crippen LogP contribution in [0.3, 0.4) is 0 Å². The summed E-state index contributed by atoms with van der Waals surface area (Å²) in [6, 6.07) is 9.23. The van der Waals surface area contributed by atoms with Crippen molar-refractivity contribution in [3.63, 3.8) is 0 Å². The van der Waals surface area contributed by atoms with Gasteiger partial charge in [-0.15, -0.1) is 0 Å². The molecule has 3 N–H and O–H groups in total. The van der Waals surface area contributed by atoms with Gasteiger partial charge in [-0.05, 0) is 12.1 Å². The van der Waals surface area contributed by atoms with Gasteiger partial charge < -0.3 is 15.6 Å². The molecule has 2 aromatic carbocycles. The maximum Gasteiger partial charge on any atom is 0.322 e. The number of nitrogens with two attached hydrogens (primary N) is 1. The number of hydrogen-bond acceptors (Lipinski definition) is 5. The van der Waals surface area contributed by atoms with Crippen LogP contribution >= 0.6 is 23.2 Å². The standard InChI is InChI=1S/C17H11Cl2F2N3O2/c18-11-6-10(22)7-12(19)14(11)26-16-23-8-13(25)15(24-16)17(20,21)9-4-2-1-3-5-9/h1-8,25H,22H2. The van der Waals surface area contributed by atoms with Crippen molar-refractivity contribution in [1.29, 1.82) is 0 Å². The van der Waals surface area contributed by atoms with E-state index in [4.69, 9.17) is 33.7 Å². The van der Waals surface area contributed by atoms with Crippen molar-refractivity contribution < 1.29 is 18.6 Å². The number of nitrogens with zero attached hydrogens (tertiary/aromatic N) is 2. The Morgan fingerprint density at radius 1 is 1.08 bits per heavy atom. The summed E-state index contributed by atoms with van der Waals surface area (Å²) in [7, 11) is 0. The van der Waals surface area contributed by atoms with Crippen LogP contribution in [0.1, 0.15) is 11.3 Å². The summed E-state index contributed by atoms with van der Waals surface area (Å²) in [6.45, 7) is 0. The van der Waals surface area contributed by atoms with Gasteiger partial charge in [0, 0.05) is 11.3 Å². The lowest BCUT2D eigenvalue weighted by atomic mass is 10.1. The largest absolute Gasteiger partial charge is 0.504 e. The molecule has 0 aliphatic heterocycles. The molecule has 0 spiro atoms. The number of aromatic nitrogens is 2. The zero-order chi connectivity index (χ0) is 18.9. The van der Waals surface area contributed by atoms with Gasteiger partial charge in [-0.3, -0.25) is 0 Å². The Kier molecular flexibility index (Phi) is 4.84. The molecular weight excluding hydrogens is 387 g/mol. The summed E-state index contributed by atoms with van der Waals surface area (Å²) in [5, 5.41) is 9.93. The number of aromatic hydroxyl groups is 1. The Morgan fingerprint density at radius 2 is 1.69 bits per heavy atom. The van der Waals surface area contributed by atoms with Gasteiger partial charge in [0.2, 0.25) is 0 Å². The average molecular weight is 398 g/mol. The topological polar surface area (TPSA) is 81.3 Å². The first kappa shape index (κ1) is 18.2. The van der Waals surface area contributed by atoms with E-state index < -0.39 is 23.4 Å². The Morgan fingerprint density at radius 3 is 2.31 bits per heavy atom. The summed E-state index contributed by atoms with van der Waals surface area (Å²) in [5.74, 6) is -4.39. The number of benzene rings is 2. The van der Waals surface area contributed by atoms with Crippen LogP contribution in [0.2, 0.25) is 10.0 Å². The van der Waals surface area contributed by atoms with Crippen molar-refractivity contribution in [1.82, 2.24) is 9.97 Å². The minimum Gasteiger partial charge on any atom is -0.504 e. The highest BCUT2D eigenvalue weighted by Crippen LogP contribution is 2.41. The maximum atomic E-state index is 14.7. The zero-order valence-electron chi connectivity index (χ0n) is 13.0. The van der Waals surface area contributed by atoms with Crippen LogP contribution in [-0.2, 0) is 5.92 Å². The molecule has 0 saturated carbocycles. The second-order valence-electron chi connectivity index (χ2n) is 5.24. The van der Waals surface area contributed by atoms with Crippen LogP contribution < -0.4 is 10.5 Å². The molecule has 3 aromatic rings. The van der Waals surface area contributed by atoms with Crippen molar-refractivity contribution >= 4 is 28.9 Å². The monoisotopic (exact) mass is 397 g/mol. The third-order valence-corrected chi connectivity index (χ3v) is 3.96. The van der Waals surface area contributed by atoms with E-state index in [0.717, 1.165) is 6.20 Å². The fraction of sp³-hybridized carbons (Fsp3) is 0.0588. The average Bonchev–Trinajstić information content (AvgIpc) is 2.60. The number of rotatable bonds is 4. The normalized spacial score (nSPS) is 11.4. The van der Waals surface area contributed by atoms with E-state index in [9.17, 15) is 13.9 Å². The fourth-order valence-electron chi connectivity index (χ4n) is 2.19. The number of alkyl halides is 2. The smallest absolute Gasteiger partial charge is 0.322 e. The molecule has 0 radical (unpaired) electrons. The van der Waals surface area contributed by atoms with Crippen molar-refractivity contribution in [2.24, 2.45) is 0 Å². The van der Waals surface area contributed by atoms with Gasteiger partial charge in [0.25, 0.3) is 0 Å². The molecule has 0 saturated heterocycles. The second kappa shape index (κ2) is 6.93. The third-order valence-electron chi connectivity index (χ3n) is 3.40.